The lowest BCUT2D eigenvalue weighted by Gasteiger charge is -2.41. The zero-order valence-corrected chi connectivity index (χ0v) is 9.79. The van der Waals surface area contributed by atoms with Gasteiger partial charge in [0.25, 0.3) is 0 Å². The van der Waals surface area contributed by atoms with Gasteiger partial charge in [-0.05, 0) is 11.6 Å². The molecule has 1 aliphatic heterocycles. The zero-order valence-electron chi connectivity index (χ0n) is 9.03. The zero-order chi connectivity index (χ0) is 11.6. The van der Waals surface area contributed by atoms with Gasteiger partial charge in [-0.25, -0.2) is 0 Å². The number of ether oxygens (including phenoxy) is 2. The van der Waals surface area contributed by atoms with Gasteiger partial charge in [0.2, 0.25) is 0 Å². The van der Waals surface area contributed by atoms with Crippen molar-refractivity contribution in [2.45, 2.75) is 11.8 Å². The summed E-state index contributed by atoms with van der Waals surface area (Å²) in [7, 11) is 1.39. The van der Waals surface area contributed by atoms with Crippen molar-refractivity contribution < 1.29 is 14.3 Å². The van der Waals surface area contributed by atoms with Crippen LogP contribution in [0.4, 0.5) is 0 Å². The molecule has 0 aromatic heterocycles. The molecule has 0 atom stereocenters. The van der Waals surface area contributed by atoms with Gasteiger partial charge in [0.15, 0.2) is 0 Å². The number of methoxy groups -OCH3 is 1. The van der Waals surface area contributed by atoms with Crippen molar-refractivity contribution in [3.8, 4) is 0 Å². The van der Waals surface area contributed by atoms with Crippen LogP contribution < -0.4 is 0 Å². The van der Waals surface area contributed by atoms with Crippen LogP contribution in [0.25, 0.3) is 0 Å². The maximum atomic E-state index is 11.4. The van der Waals surface area contributed by atoms with E-state index in [1.165, 1.54) is 7.11 Å². The Labute approximate surface area is 99.3 Å². The molecule has 1 fully saturated rings. The first-order valence-corrected chi connectivity index (χ1v) is 5.45. The third kappa shape index (κ3) is 1.93. The van der Waals surface area contributed by atoms with E-state index in [9.17, 15) is 4.79 Å². The first-order chi connectivity index (χ1) is 7.68. The van der Waals surface area contributed by atoms with Gasteiger partial charge in [-0.3, -0.25) is 4.79 Å². The normalized spacial score (nSPS) is 17.6. The van der Waals surface area contributed by atoms with E-state index in [1.54, 1.807) is 0 Å². The van der Waals surface area contributed by atoms with Gasteiger partial charge in [0.1, 0.15) is 0 Å². The molecule has 0 spiro atoms. The number of esters is 1. The second-order valence-electron chi connectivity index (χ2n) is 4.01. The van der Waals surface area contributed by atoms with E-state index in [0.29, 0.717) is 24.7 Å². The second kappa shape index (κ2) is 4.44. The Hall–Kier alpha value is -1.06. The summed E-state index contributed by atoms with van der Waals surface area (Å²) in [5.41, 5.74) is 0.666. The van der Waals surface area contributed by atoms with Gasteiger partial charge in [-0.1, -0.05) is 29.8 Å². The number of hydrogen-bond donors (Lipinski definition) is 0. The van der Waals surface area contributed by atoms with E-state index in [2.05, 4.69) is 0 Å². The Bertz CT molecular complexity index is 399. The quantitative estimate of drug-likeness (QED) is 0.760. The van der Waals surface area contributed by atoms with Crippen LogP contribution in [0.2, 0.25) is 5.02 Å². The first kappa shape index (κ1) is 11.4. The fourth-order valence-corrected chi connectivity index (χ4v) is 2.28. The van der Waals surface area contributed by atoms with Crippen molar-refractivity contribution in [3.63, 3.8) is 0 Å². The maximum Gasteiger partial charge on any atom is 0.306 e. The van der Waals surface area contributed by atoms with Crippen molar-refractivity contribution in [1.82, 2.24) is 0 Å². The fourth-order valence-electron chi connectivity index (χ4n) is 1.94. The molecule has 3 nitrogen and oxygen atoms in total. The lowest BCUT2D eigenvalue weighted by atomic mass is 9.76. The van der Waals surface area contributed by atoms with E-state index >= 15 is 0 Å². The van der Waals surface area contributed by atoms with Crippen LogP contribution in [0.1, 0.15) is 12.0 Å². The summed E-state index contributed by atoms with van der Waals surface area (Å²) in [6.07, 6.45) is 0.313. The molecule has 16 heavy (non-hydrogen) atoms. The highest BCUT2D eigenvalue weighted by molar-refractivity contribution is 6.31. The Kier molecular flexibility index (Phi) is 3.17. The van der Waals surface area contributed by atoms with Crippen LogP contribution in [0.5, 0.6) is 0 Å². The molecule has 0 amide bonds. The van der Waals surface area contributed by atoms with Gasteiger partial charge < -0.3 is 9.47 Å². The first-order valence-electron chi connectivity index (χ1n) is 5.07. The molecule has 86 valence electrons. The molecule has 4 heteroatoms. The van der Waals surface area contributed by atoms with Gasteiger partial charge >= 0.3 is 5.97 Å². The largest absolute Gasteiger partial charge is 0.469 e. The minimum atomic E-state index is -0.300. The summed E-state index contributed by atoms with van der Waals surface area (Å²) in [6, 6.07) is 7.55. The number of halogens is 1. The van der Waals surface area contributed by atoms with E-state index in [1.807, 2.05) is 24.3 Å². The van der Waals surface area contributed by atoms with Crippen molar-refractivity contribution in [2.75, 3.05) is 20.3 Å². The summed E-state index contributed by atoms with van der Waals surface area (Å²) >= 11 is 6.14. The van der Waals surface area contributed by atoms with Crippen molar-refractivity contribution in [3.05, 3.63) is 34.9 Å². The number of rotatable bonds is 3. The molecular weight excluding hydrogens is 228 g/mol. The van der Waals surface area contributed by atoms with E-state index in [4.69, 9.17) is 21.1 Å². The predicted molar refractivity (Wildman–Crippen MR) is 60.6 cm³/mol. The van der Waals surface area contributed by atoms with Crippen LogP contribution in [0.15, 0.2) is 24.3 Å². The summed E-state index contributed by atoms with van der Waals surface area (Å²) in [4.78, 5) is 11.4. The van der Waals surface area contributed by atoms with Crippen LogP contribution in [0.3, 0.4) is 0 Å². The standard InChI is InChI=1S/C12H13ClO3/c1-15-11(14)6-12(7-16-8-12)9-4-2-3-5-10(9)13/h2-5H,6-8H2,1H3. The van der Waals surface area contributed by atoms with Crippen LogP contribution >= 0.6 is 11.6 Å². The average molecular weight is 241 g/mol. The van der Waals surface area contributed by atoms with Crippen molar-refractivity contribution >= 4 is 17.6 Å². The predicted octanol–water partition coefficient (Wildman–Crippen LogP) is 2.17. The summed E-state index contributed by atoms with van der Waals surface area (Å²) in [5.74, 6) is -0.233. The molecular formula is C12H13ClO3. The molecule has 1 heterocycles. The SMILES string of the molecule is COC(=O)CC1(c2ccccc2Cl)COC1. The molecule has 2 rings (SSSR count). The summed E-state index contributed by atoms with van der Waals surface area (Å²) in [6.45, 7) is 1.04. The highest BCUT2D eigenvalue weighted by Crippen LogP contribution is 2.39. The maximum absolute atomic E-state index is 11.4. The van der Waals surface area contributed by atoms with E-state index < -0.39 is 0 Å². The smallest absolute Gasteiger partial charge is 0.306 e. The molecule has 1 aromatic rings. The molecule has 0 unspecified atom stereocenters. The van der Waals surface area contributed by atoms with Crippen molar-refractivity contribution in [1.29, 1.82) is 0 Å². The van der Waals surface area contributed by atoms with Crippen LogP contribution in [-0.4, -0.2) is 26.3 Å². The summed E-state index contributed by atoms with van der Waals surface area (Å²) < 4.78 is 9.93. The molecule has 1 aliphatic rings. The molecule has 0 bridgehead atoms. The Morgan fingerprint density at radius 1 is 1.50 bits per heavy atom. The van der Waals surface area contributed by atoms with E-state index in [-0.39, 0.29) is 11.4 Å². The van der Waals surface area contributed by atoms with Gasteiger partial charge in [-0.2, -0.15) is 0 Å². The number of carbonyl (C=O) groups excluding carboxylic acids is 1. The molecule has 0 N–H and O–H groups in total. The van der Waals surface area contributed by atoms with Gasteiger partial charge in [0, 0.05) is 5.02 Å². The lowest BCUT2D eigenvalue weighted by molar-refractivity contribution is -0.148. The topological polar surface area (TPSA) is 35.5 Å². The highest BCUT2D eigenvalue weighted by atomic mass is 35.5. The van der Waals surface area contributed by atoms with Gasteiger partial charge in [0.05, 0.1) is 32.2 Å². The third-order valence-electron chi connectivity index (χ3n) is 2.91. The average Bonchev–Trinajstić information content (AvgIpc) is 2.24. The second-order valence-corrected chi connectivity index (χ2v) is 4.41. The summed E-state index contributed by atoms with van der Waals surface area (Å²) in [5, 5.41) is 0.676. The number of hydrogen-bond acceptors (Lipinski definition) is 3. The monoisotopic (exact) mass is 240 g/mol. The molecule has 0 aliphatic carbocycles. The molecule has 0 saturated carbocycles. The fraction of sp³-hybridized carbons (Fsp3) is 0.417. The minimum absolute atomic E-state index is 0.233. The van der Waals surface area contributed by atoms with Crippen molar-refractivity contribution in [2.24, 2.45) is 0 Å². The highest BCUT2D eigenvalue weighted by Gasteiger charge is 2.43. The van der Waals surface area contributed by atoms with Crippen LogP contribution in [-0.2, 0) is 19.7 Å². The Morgan fingerprint density at radius 3 is 2.69 bits per heavy atom. The number of carbonyl (C=O) groups is 1. The molecule has 1 saturated heterocycles. The minimum Gasteiger partial charge on any atom is -0.469 e. The Balaban J connectivity index is 2.28. The van der Waals surface area contributed by atoms with E-state index in [0.717, 1.165) is 5.56 Å². The van der Waals surface area contributed by atoms with Crippen LogP contribution in [0, 0.1) is 0 Å². The van der Waals surface area contributed by atoms with Gasteiger partial charge in [-0.15, -0.1) is 0 Å². The molecule has 1 aromatic carbocycles. The Morgan fingerprint density at radius 2 is 2.19 bits per heavy atom. The molecule has 0 radical (unpaired) electrons. The lowest BCUT2D eigenvalue weighted by Crippen LogP contribution is -2.48. The number of benzene rings is 1. The third-order valence-corrected chi connectivity index (χ3v) is 3.24.